The number of aryl methyl sites for hydroxylation is 1. The molecule has 0 fully saturated rings. The van der Waals surface area contributed by atoms with Crippen molar-refractivity contribution < 1.29 is 9.84 Å². The van der Waals surface area contributed by atoms with E-state index in [1.165, 1.54) is 5.56 Å². The van der Waals surface area contributed by atoms with Gasteiger partial charge in [0.25, 0.3) is 0 Å². The lowest BCUT2D eigenvalue weighted by atomic mass is 10.0. The molecule has 2 heterocycles. The van der Waals surface area contributed by atoms with Crippen molar-refractivity contribution in [3.8, 4) is 11.8 Å². The minimum atomic E-state index is 0.0113. The second kappa shape index (κ2) is 7.87. The van der Waals surface area contributed by atoms with Crippen molar-refractivity contribution in [2.75, 3.05) is 32.1 Å². The molecule has 0 amide bonds. The molecule has 0 saturated heterocycles. The van der Waals surface area contributed by atoms with Crippen molar-refractivity contribution in [3.63, 3.8) is 0 Å². The maximum atomic E-state index is 10.2. The molecule has 29 heavy (non-hydrogen) atoms. The highest BCUT2D eigenvalue weighted by Crippen LogP contribution is 2.34. The topological polar surface area (TPSA) is 61.7 Å². The summed E-state index contributed by atoms with van der Waals surface area (Å²) in [6, 6.07) is 12.2. The van der Waals surface area contributed by atoms with Crippen molar-refractivity contribution in [2.45, 2.75) is 32.9 Å². The van der Waals surface area contributed by atoms with Crippen molar-refractivity contribution >= 4 is 16.5 Å². The SMILES string of the molecule is Cc1nc(OC(C)CN(C)C)nc2c1CCN(c1cc(O)cc3ccccc13)C2. The summed E-state index contributed by atoms with van der Waals surface area (Å²) in [5.41, 5.74) is 4.23. The lowest BCUT2D eigenvalue weighted by Gasteiger charge is -2.32. The van der Waals surface area contributed by atoms with E-state index in [9.17, 15) is 5.11 Å². The van der Waals surface area contributed by atoms with E-state index in [2.05, 4.69) is 20.9 Å². The van der Waals surface area contributed by atoms with Gasteiger partial charge in [-0.1, -0.05) is 24.3 Å². The zero-order valence-electron chi connectivity index (χ0n) is 17.5. The predicted molar refractivity (Wildman–Crippen MR) is 116 cm³/mol. The van der Waals surface area contributed by atoms with Crippen LogP contribution in [0.2, 0.25) is 0 Å². The summed E-state index contributed by atoms with van der Waals surface area (Å²) in [6.07, 6.45) is 0.885. The quantitative estimate of drug-likeness (QED) is 0.717. The fourth-order valence-corrected chi connectivity index (χ4v) is 4.12. The number of anilines is 1. The van der Waals surface area contributed by atoms with E-state index in [0.717, 1.165) is 47.4 Å². The van der Waals surface area contributed by atoms with Gasteiger partial charge < -0.3 is 19.6 Å². The van der Waals surface area contributed by atoms with Gasteiger partial charge in [-0.25, -0.2) is 4.98 Å². The first-order chi connectivity index (χ1) is 13.9. The first-order valence-electron chi connectivity index (χ1n) is 10.0. The summed E-state index contributed by atoms with van der Waals surface area (Å²) in [5.74, 6) is 0.282. The highest BCUT2D eigenvalue weighted by atomic mass is 16.5. The lowest BCUT2D eigenvalue weighted by Crippen LogP contribution is -2.33. The molecule has 0 radical (unpaired) electrons. The van der Waals surface area contributed by atoms with Crippen molar-refractivity contribution in [2.24, 2.45) is 0 Å². The van der Waals surface area contributed by atoms with Gasteiger partial charge >= 0.3 is 6.01 Å². The van der Waals surface area contributed by atoms with Gasteiger partial charge in [0.05, 0.1) is 12.2 Å². The Balaban J connectivity index is 1.65. The monoisotopic (exact) mass is 392 g/mol. The van der Waals surface area contributed by atoms with Crippen LogP contribution in [-0.2, 0) is 13.0 Å². The normalized spacial score (nSPS) is 14.9. The Kier molecular flexibility index (Phi) is 5.28. The van der Waals surface area contributed by atoms with Crippen molar-refractivity contribution in [3.05, 3.63) is 53.3 Å². The van der Waals surface area contributed by atoms with Crippen LogP contribution in [0.3, 0.4) is 0 Å². The van der Waals surface area contributed by atoms with Crippen LogP contribution in [0.4, 0.5) is 5.69 Å². The predicted octanol–water partition coefficient (Wildman–Crippen LogP) is 3.54. The minimum Gasteiger partial charge on any atom is -0.508 e. The number of aromatic hydroxyl groups is 1. The Morgan fingerprint density at radius 2 is 2.00 bits per heavy atom. The molecule has 1 aromatic heterocycles. The third kappa shape index (κ3) is 4.12. The van der Waals surface area contributed by atoms with Crippen LogP contribution in [0.25, 0.3) is 10.8 Å². The molecular formula is C23H28N4O2. The molecule has 152 valence electrons. The fourth-order valence-electron chi connectivity index (χ4n) is 4.12. The highest BCUT2D eigenvalue weighted by molar-refractivity contribution is 5.95. The number of fused-ring (bicyclic) bond motifs is 2. The molecule has 1 N–H and O–H groups in total. The minimum absolute atomic E-state index is 0.0113. The highest BCUT2D eigenvalue weighted by Gasteiger charge is 2.23. The summed E-state index contributed by atoms with van der Waals surface area (Å²) in [5, 5.41) is 12.4. The maximum absolute atomic E-state index is 10.2. The standard InChI is InChI=1S/C23H28N4O2/c1-15(13-26(3)4)29-23-24-16(2)19-9-10-27(14-21(19)25-23)22-12-18(28)11-17-7-5-6-8-20(17)22/h5-8,11-12,15,28H,9-10,13-14H2,1-4H3. The number of rotatable bonds is 5. The average Bonchev–Trinajstić information content (AvgIpc) is 2.66. The van der Waals surface area contributed by atoms with E-state index >= 15 is 0 Å². The Morgan fingerprint density at radius 3 is 2.79 bits per heavy atom. The second-order valence-electron chi connectivity index (χ2n) is 8.07. The van der Waals surface area contributed by atoms with Gasteiger partial charge in [0.2, 0.25) is 0 Å². The molecule has 1 unspecified atom stereocenters. The fraction of sp³-hybridized carbons (Fsp3) is 0.391. The van der Waals surface area contributed by atoms with Crippen LogP contribution in [0.5, 0.6) is 11.8 Å². The van der Waals surface area contributed by atoms with Crippen LogP contribution in [-0.4, -0.2) is 53.3 Å². The van der Waals surface area contributed by atoms with E-state index in [1.807, 2.05) is 52.2 Å². The number of benzene rings is 2. The van der Waals surface area contributed by atoms with Gasteiger partial charge in [-0.05, 0) is 51.4 Å². The Hall–Kier alpha value is -2.86. The third-order valence-electron chi connectivity index (χ3n) is 5.35. The Bertz CT molecular complexity index is 1030. The smallest absolute Gasteiger partial charge is 0.317 e. The van der Waals surface area contributed by atoms with Crippen LogP contribution in [0.15, 0.2) is 36.4 Å². The maximum Gasteiger partial charge on any atom is 0.317 e. The first-order valence-corrected chi connectivity index (χ1v) is 10.0. The van der Waals surface area contributed by atoms with Gasteiger partial charge in [-0.3, -0.25) is 0 Å². The summed E-state index contributed by atoms with van der Waals surface area (Å²) >= 11 is 0. The molecule has 0 saturated carbocycles. The Labute approximate surface area is 171 Å². The molecule has 2 aromatic carbocycles. The van der Waals surface area contributed by atoms with Gasteiger partial charge in [0, 0.05) is 35.9 Å². The van der Waals surface area contributed by atoms with E-state index < -0.39 is 0 Å². The Morgan fingerprint density at radius 1 is 1.21 bits per heavy atom. The lowest BCUT2D eigenvalue weighted by molar-refractivity contribution is 0.162. The summed E-state index contributed by atoms with van der Waals surface area (Å²) in [4.78, 5) is 13.7. The van der Waals surface area contributed by atoms with Crippen LogP contribution < -0.4 is 9.64 Å². The number of phenolic OH excluding ortho intramolecular Hbond substituents is 1. The number of nitrogens with zero attached hydrogens (tertiary/aromatic N) is 4. The average molecular weight is 393 g/mol. The van der Waals surface area contributed by atoms with E-state index in [-0.39, 0.29) is 11.9 Å². The molecule has 6 nitrogen and oxygen atoms in total. The van der Waals surface area contributed by atoms with Gasteiger partial charge in [0.15, 0.2) is 0 Å². The molecule has 3 aromatic rings. The number of likely N-dealkylation sites (N-methyl/N-ethyl adjacent to an activating group) is 1. The van der Waals surface area contributed by atoms with Crippen LogP contribution in [0, 0.1) is 6.92 Å². The number of phenols is 1. The van der Waals surface area contributed by atoms with Crippen molar-refractivity contribution in [1.29, 1.82) is 0 Å². The van der Waals surface area contributed by atoms with Gasteiger partial charge in [-0.2, -0.15) is 4.98 Å². The van der Waals surface area contributed by atoms with Gasteiger partial charge in [-0.15, -0.1) is 0 Å². The molecule has 6 heteroatoms. The molecule has 0 bridgehead atoms. The van der Waals surface area contributed by atoms with Crippen LogP contribution >= 0.6 is 0 Å². The van der Waals surface area contributed by atoms with E-state index in [1.54, 1.807) is 6.07 Å². The molecular weight excluding hydrogens is 364 g/mol. The zero-order valence-corrected chi connectivity index (χ0v) is 17.5. The number of ether oxygens (including phenoxy) is 1. The first kappa shape index (κ1) is 19.5. The summed E-state index contributed by atoms with van der Waals surface area (Å²) in [7, 11) is 4.05. The number of hydrogen-bond acceptors (Lipinski definition) is 6. The molecule has 4 rings (SSSR count). The van der Waals surface area contributed by atoms with E-state index in [4.69, 9.17) is 9.72 Å². The molecule has 1 aliphatic rings. The summed E-state index contributed by atoms with van der Waals surface area (Å²) in [6.45, 7) is 6.40. The number of aromatic nitrogens is 2. The van der Waals surface area contributed by atoms with Crippen LogP contribution in [0.1, 0.15) is 23.9 Å². The largest absolute Gasteiger partial charge is 0.508 e. The zero-order chi connectivity index (χ0) is 20.5. The molecule has 1 atom stereocenters. The molecule has 0 aliphatic carbocycles. The third-order valence-corrected chi connectivity index (χ3v) is 5.35. The van der Waals surface area contributed by atoms with Crippen molar-refractivity contribution in [1.82, 2.24) is 14.9 Å². The van der Waals surface area contributed by atoms with Gasteiger partial charge in [0.1, 0.15) is 11.9 Å². The number of hydrogen-bond donors (Lipinski definition) is 1. The molecule has 0 spiro atoms. The van der Waals surface area contributed by atoms with E-state index in [0.29, 0.717) is 12.6 Å². The molecule has 1 aliphatic heterocycles. The summed E-state index contributed by atoms with van der Waals surface area (Å²) < 4.78 is 5.98. The second-order valence-corrected chi connectivity index (χ2v) is 8.07.